The molecule has 1 aromatic heterocycles. The second-order valence-electron chi connectivity index (χ2n) is 6.65. The van der Waals surface area contributed by atoms with Gasteiger partial charge in [-0.1, -0.05) is 6.07 Å². The topological polar surface area (TPSA) is 54.1 Å². The maximum Gasteiger partial charge on any atom is 0.133 e. The fourth-order valence-electron chi connectivity index (χ4n) is 3.11. The molecule has 0 unspecified atom stereocenters. The normalized spacial score (nSPS) is 10.5. The first-order valence-electron chi connectivity index (χ1n) is 9.13. The number of imidazole rings is 1. The Morgan fingerprint density at radius 3 is 2.64 bits per heavy atom. The molecule has 0 bridgehead atoms. The summed E-state index contributed by atoms with van der Waals surface area (Å²) in [4.78, 5) is 6.55. The van der Waals surface area contributed by atoms with Crippen molar-refractivity contribution in [1.29, 1.82) is 5.26 Å². The summed E-state index contributed by atoms with van der Waals surface area (Å²) in [6.07, 6.45) is 5.68. The van der Waals surface area contributed by atoms with Gasteiger partial charge < -0.3 is 14.2 Å². The number of aromatic nitrogens is 2. The Hall–Kier alpha value is -2.78. The number of hydrogen-bond acceptors (Lipinski definition) is 4. The number of benzene rings is 2. The van der Waals surface area contributed by atoms with Crippen LogP contribution in [-0.4, -0.2) is 23.2 Å². The Balaban J connectivity index is 1.71. The van der Waals surface area contributed by atoms with Gasteiger partial charge in [0.1, 0.15) is 5.75 Å². The maximum atomic E-state index is 9.05. The maximum absolute atomic E-state index is 9.05. The van der Waals surface area contributed by atoms with E-state index in [0.717, 1.165) is 47.5 Å². The predicted molar refractivity (Wildman–Crippen MR) is 114 cm³/mol. The molecule has 28 heavy (non-hydrogen) atoms. The summed E-state index contributed by atoms with van der Waals surface area (Å²) in [6.45, 7) is 1.67. The molecule has 6 heteroatoms. The van der Waals surface area contributed by atoms with Crippen molar-refractivity contribution in [1.82, 2.24) is 9.55 Å². The van der Waals surface area contributed by atoms with Crippen molar-refractivity contribution in [2.24, 2.45) is 7.05 Å². The fourth-order valence-corrected chi connectivity index (χ4v) is 3.52. The summed E-state index contributed by atoms with van der Waals surface area (Å²) in [5, 5.41) is 9.05. The Labute approximate surface area is 174 Å². The summed E-state index contributed by atoms with van der Waals surface area (Å²) >= 11 is 3.50. The van der Waals surface area contributed by atoms with Crippen LogP contribution in [0.4, 0.5) is 5.69 Å². The van der Waals surface area contributed by atoms with E-state index in [9.17, 15) is 0 Å². The molecule has 5 nitrogen and oxygen atoms in total. The lowest BCUT2D eigenvalue weighted by Crippen LogP contribution is -2.25. The lowest BCUT2D eigenvalue weighted by molar-refractivity contribution is 0.411. The molecule has 144 valence electrons. The number of halogens is 1. The number of aryl methyl sites for hydroxylation is 2. The molecule has 0 radical (unpaired) electrons. The predicted octanol–water partition coefficient (Wildman–Crippen LogP) is 4.70. The van der Waals surface area contributed by atoms with E-state index < -0.39 is 0 Å². The quantitative estimate of drug-likeness (QED) is 0.511. The van der Waals surface area contributed by atoms with Gasteiger partial charge in [0.25, 0.3) is 0 Å². The van der Waals surface area contributed by atoms with Gasteiger partial charge in [-0.05, 0) is 70.7 Å². The van der Waals surface area contributed by atoms with Gasteiger partial charge >= 0.3 is 0 Å². The van der Waals surface area contributed by atoms with Crippen molar-refractivity contribution in [3.05, 3.63) is 76.3 Å². The summed E-state index contributed by atoms with van der Waals surface area (Å²) in [6, 6.07) is 16.2. The van der Waals surface area contributed by atoms with Gasteiger partial charge in [-0.2, -0.15) is 5.26 Å². The highest BCUT2D eigenvalue weighted by atomic mass is 79.9. The minimum absolute atomic E-state index is 0.672. The lowest BCUT2D eigenvalue weighted by atomic mass is 10.1. The molecule has 1 heterocycles. The van der Waals surface area contributed by atoms with E-state index >= 15 is 0 Å². The highest BCUT2D eigenvalue weighted by Gasteiger charge is 2.11. The number of nitriles is 1. The molecule has 2 aromatic carbocycles. The summed E-state index contributed by atoms with van der Waals surface area (Å²) in [5.74, 6) is 0.858. The zero-order chi connectivity index (χ0) is 19.9. The monoisotopic (exact) mass is 438 g/mol. The zero-order valence-electron chi connectivity index (χ0n) is 16.1. The Kier molecular flexibility index (Phi) is 6.72. The Morgan fingerprint density at radius 1 is 1.21 bits per heavy atom. The smallest absolute Gasteiger partial charge is 0.133 e. The van der Waals surface area contributed by atoms with Crippen molar-refractivity contribution >= 4 is 21.6 Å². The van der Waals surface area contributed by atoms with Gasteiger partial charge in [0, 0.05) is 25.5 Å². The molecule has 0 saturated carbocycles. The van der Waals surface area contributed by atoms with Gasteiger partial charge in [0.2, 0.25) is 0 Å². The third-order valence-corrected chi connectivity index (χ3v) is 5.40. The molecule has 0 N–H and O–H groups in total. The van der Waals surface area contributed by atoms with Gasteiger partial charge in [-0.15, -0.1) is 0 Å². The highest BCUT2D eigenvalue weighted by Crippen LogP contribution is 2.26. The fraction of sp³-hybridized carbons (Fsp3) is 0.273. The van der Waals surface area contributed by atoms with Crippen LogP contribution in [0.25, 0.3) is 0 Å². The van der Waals surface area contributed by atoms with E-state index in [1.54, 1.807) is 7.11 Å². The molecule has 0 aliphatic carbocycles. The van der Waals surface area contributed by atoms with E-state index in [0.29, 0.717) is 5.56 Å². The largest absolute Gasteiger partial charge is 0.496 e. The second-order valence-corrected chi connectivity index (χ2v) is 7.50. The number of hydrogen-bond donors (Lipinski definition) is 0. The number of methoxy groups -OCH3 is 1. The molecule has 0 fully saturated rings. The van der Waals surface area contributed by atoms with Crippen molar-refractivity contribution in [3.63, 3.8) is 0 Å². The lowest BCUT2D eigenvalue weighted by Gasteiger charge is -2.25. The molecular formula is C22H23BrN4O. The van der Waals surface area contributed by atoms with Gasteiger partial charge in [-0.25, -0.2) is 4.98 Å². The van der Waals surface area contributed by atoms with Crippen LogP contribution in [0.15, 0.2) is 59.5 Å². The molecular weight excluding hydrogens is 416 g/mol. The van der Waals surface area contributed by atoms with Gasteiger partial charge in [-0.3, -0.25) is 0 Å². The van der Waals surface area contributed by atoms with Crippen molar-refractivity contribution in [2.75, 3.05) is 18.6 Å². The number of ether oxygens (including phenoxy) is 1. The average Bonchev–Trinajstić information content (AvgIpc) is 3.13. The van der Waals surface area contributed by atoms with E-state index in [2.05, 4.69) is 44.0 Å². The average molecular weight is 439 g/mol. The third-order valence-electron chi connectivity index (χ3n) is 4.74. The minimum atomic E-state index is 0.672. The SMILES string of the molecule is COc1cc(CCCN(Cc2cncn2C)c2ccc(C#N)cc2)ccc1Br. The van der Waals surface area contributed by atoms with Crippen molar-refractivity contribution < 1.29 is 4.74 Å². The number of rotatable bonds is 8. The molecule has 0 saturated heterocycles. The second kappa shape index (κ2) is 9.43. The van der Waals surface area contributed by atoms with E-state index in [1.807, 2.05) is 54.5 Å². The molecule has 0 amide bonds. The van der Waals surface area contributed by atoms with E-state index in [4.69, 9.17) is 10.00 Å². The van der Waals surface area contributed by atoms with Crippen LogP contribution in [0.1, 0.15) is 23.2 Å². The third kappa shape index (κ3) is 4.93. The Morgan fingerprint density at radius 2 is 2.00 bits per heavy atom. The van der Waals surface area contributed by atoms with Crippen LogP contribution in [0.3, 0.4) is 0 Å². The molecule has 0 aliphatic heterocycles. The highest BCUT2D eigenvalue weighted by molar-refractivity contribution is 9.10. The summed E-state index contributed by atoms with van der Waals surface area (Å²) in [5.41, 5.74) is 4.18. The van der Waals surface area contributed by atoms with Crippen LogP contribution in [0.2, 0.25) is 0 Å². The molecule has 0 spiro atoms. The first-order chi connectivity index (χ1) is 13.6. The van der Waals surface area contributed by atoms with Gasteiger partial charge in [0.15, 0.2) is 0 Å². The van der Waals surface area contributed by atoms with Crippen molar-refractivity contribution in [3.8, 4) is 11.8 Å². The number of anilines is 1. The Bertz CT molecular complexity index is 959. The van der Waals surface area contributed by atoms with Crippen LogP contribution in [0.5, 0.6) is 5.75 Å². The molecule has 0 aliphatic rings. The number of nitrogens with zero attached hydrogens (tertiary/aromatic N) is 4. The van der Waals surface area contributed by atoms with E-state index in [1.165, 1.54) is 5.56 Å². The minimum Gasteiger partial charge on any atom is -0.496 e. The molecule has 3 rings (SSSR count). The first kappa shape index (κ1) is 20.0. The molecule has 0 atom stereocenters. The van der Waals surface area contributed by atoms with Crippen LogP contribution < -0.4 is 9.64 Å². The van der Waals surface area contributed by atoms with E-state index in [-0.39, 0.29) is 0 Å². The van der Waals surface area contributed by atoms with Crippen LogP contribution in [-0.2, 0) is 20.0 Å². The first-order valence-corrected chi connectivity index (χ1v) is 9.92. The van der Waals surface area contributed by atoms with Crippen LogP contribution >= 0.6 is 15.9 Å². The standard InChI is InChI=1S/C22H23BrN4O/c1-26-16-25-14-20(26)15-27(19-8-5-18(13-24)6-9-19)11-3-4-17-7-10-21(23)22(12-17)28-2/h5-10,12,14,16H,3-4,11,15H2,1-2H3. The zero-order valence-corrected chi connectivity index (χ0v) is 17.7. The van der Waals surface area contributed by atoms with Crippen molar-refractivity contribution in [2.45, 2.75) is 19.4 Å². The summed E-state index contributed by atoms with van der Waals surface area (Å²) in [7, 11) is 3.69. The molecule has 3 aromatic rings. The van der Waals surface area contributed by atoms with Gasteiger partial charge in [0.05, 0.1) is 41.8 Å². The summed E-state index contributed by atoms with van der Waals surface area (Å²) < 4.78 is 8.40. The van der Waals surface area contributed by atoms with Crippen LogP contribution in [0, 0.1) is 11.3 Å².